The smallest absolute Gasteiger partial charge is 0.280 e. The third kappa shape index (κ3) is 3.71. The second kappa shape index (κ2) is 7.21. The number of imide groups is 1. The summed E-state index contributed by atoms with van der Waals surface area (Å²) in [6.45, 7) is 0.407. The molecule has 0 saturated carbocycles. The quantitative estimate of drug-likeness (QED) is 0.809. The Hall–Kier alpha value is -3.09. The number of hydrogen-bond acceptors (Lipinski definition) is 4. The highest BCUT2D eigenvalue weighted by Gasteiger charge is 2.36. The van der Waals surface area contributed by atoms with E-state index in [2.05, 4.69) is 10.3 Å². The van der Waals surface area contributed by atoms with Crippen molar-refractivity contribution in [3.63, 3.8) is 0 Å². The van der Waals surface area contributed by atoms with Crippen molar-refractivity contribution in [1.29, 1.82) is 0 Å². The molecule has 0 radical (unpaired) electrons. The van der Waals surface area contributed by atoms with Crippen LogP contribution >= 0.6 is 0 Å². The summed E-state index contributed by atoms with van der Waals surface area (Å²) in [5, 5.41) is 2.72. The van der Waals surface area contributed by atoms with Crippen molar-refractivity contribution >= 4 is 17.7 Å². The van der Waals surface area contributed by atoms with Gasteiger partial charge in [-0.05, 0) is 36.2 Å². The molecule has 1 N–H and O–H groups in total. The van der Waals surface area contributed by atoms with E-state index in [0.717, 1.165) is 10.5 Å². The monoisotopic (exact) mass is 341 g/mol. The molecule has 2 heterocycles. The Morgan fingerprint density at radius 3 is 2.60 bits per heavy atom. The molecule has 7 heteroatoms. The van der Waals surface area contributed by atoms with E-state index in [1.54, 1.807) is 24.3 Å². The molecular formula is C18H16FN3O3. The number of pyridine rings is 1. The maximum Gasteiger partial charge on any atom is 0.280 e. The van der Waals surface area contributed by atoms with Gasteiger partial charge in [0.25, 0.3) is 11.8 Å². The topological polar surface area (TPSA) is 79.4 Å². The first-order chi connectivity index (χ1) is 12.1. The molecule has 1 aliphatic heterocycles. The molecule has 1 aliphatic rings. The lowest BCUT2D eigenvalue weighted by Gasteiger charge is -2.13. The number of nitrogens with one attached hydrogen (secondary N) is 1. The van der Waals surface area contributed by atoms with Crippen LogP contribution in [0.3, 0.4) is 0 Å². The average Bonchev–Trinajstić information content (AvgIpc) is 2.86. The zero-order chi connectivity index (χ0) is 17.8. The fourth-order valence-electron chi connectivity index (χ4n) is 2.62. The van der Waals surface area contributed by atoms with Gasteiger partial charge in [0.1, 0.15) is 11.5 Å². The fourth-order valence-corrected chi connectivity index (χ4v) is 2.62. The van der Waals surface area contributed by atoms with Gasteiger partial charge in [0.15, 0.2) is 0 Å². The van der Waals surface area contributed by atoms with Crippen LogP contribution in [0.1, 0.15) is 32.8 Å². The predicted octanol–water partition coefficient (Wildman–Crippen LogP) is 1.57. The number of carbonyl (C=O) groups excluding carboxylic acids is 3. The number of fused-ring (bicyclic) bond motifs is 1. The summed E-state index contributed by atoms with van der Waals surface area (Å²) in [5.74, 6) is -1.46. The number of benzene rings is 1. The van der Waals surface area contributed by atoms with Crippen molar-refractivity contribution in [1.82, 2.24) is 15.2 Å². The average molecular weight is 341 g/mol. The van der Waals surface area contributed by atoms with E-state index in [-0.39, 0.29) is 35.9 Å². The molecule has 128 valence electrons. The maximum absolute atomic E-state index is 12.8. The van der Waals surface area contributed by atoms with Crippen LogP contribution in [0.4, 0.5) is 4.39 Å². The first-order valence-electron chi connectivity index (χ1n) is 7.88. The summed E-state index contributed by atoms with van der Waals surface area (Å²) < 4.78 is 12.8. The van der Waals surface area contributed by atoms with E-state index < -0.39 is 11.8 Å². The first kappa shape index (κ1) is 16.8. The third-order valence-corrected chi connectivity index (χ3v) is 3.94. The molecule has 25 heavy (non-hydrogen) atoms. The molecule has 0 aliphatic carbocycles. The second-order valence-corrected chi connectivity index (χ2v) is 5.64. The third-order valence-electron chi connectivity index (χ3n) is 3.94. The van der Waals surface area contributed by atoms with Gasteiger partial charge in [-0.25, -0.2) is 4.39 Å². The van der Waals surface area contributed by atoms with Gasteiger partial charge in [0, 0.05) is 25.7 Å². The molecule has 3 amide bonds. The number of rotatable bonds is 6. The van der Waals surface area contributed by atoms with Gasteiger partial charge < -0.3 is 5.32 Å². The van der Waals surface area contributed by atoms with Gasteiger partial charge in [-0.15, -0.1) is 0 Å². The van der Waals surface area contributed by atoms with E-state index in [0.29, 0.717) is 13.0 Å². The Kier molecular flexibility index (Phi) is 4.83. The standard InChI is InChI=1S/C18H16FN3O3/c19-13-5-3-12(4-6-13)7-10-20-15(23)8-11-22-17(24)14-2-1-9-21-16(14)18(22)25/h1-6,9H,7-8,10-11H2,(H,20,23). The molecule has 0 fully saturated rings. The molecule has 6 nitrogen and oxygen atoms in total. The Labute approximate surface area is 143 Å². The minimum atomic E-state index is -0.472. The second-order valence-electron chi connectivity index (χ2n) is 5.64. The van der Waals surface area contributed by atoms with Crippen molar-refractivity contribution in [3.8, 4) is 0 Å². The Balaban J connectivity index is 1.46. The molecule has 1 aromatic carbocycles. The van der Waals surface area contributed by atoms with Crippen LogP contribution in [0.2, 0.25) is 0 Å². The number of carbonyl (C=O) groups is 3. The number of nitrogens with zero attached hydrogens (tertiary/aromatic N) is 2. The van der Waals surface area contributed by atoms with Gasteiger partial charge in [-0.2, -0.15) is 0 Å². The summed E-state index contributed by atoms with van der Waals surface area (Å²) in [6.07, 6.45) is 2.05. The number of hydrogen-bond donors (Lipinski definition) is 1. The minimum Gasteiger partial charge on any atom is -0.356 e. The van der Waals surface area contributed by atoms with Crippen LogP contribution in [-0.2, 0) is 11.2 Å². The van der Waals surface area contributed by atoms with Crippen molar-refractivity contribution in [2.45, 2.75) is 12.8 Å². The predicted molar refractivity (Wildman–Crippen MR) is 87.3 cm³/mol. The van der Waals surface area contributed by atoms with Crippen LogP contribution in [0.15, 0.2) is 42.6 Å². The first-order valence-corrected chi connectivity index (χ1v) is 7.88. The van der Waals surface area contributed by atoms with Crippen LogP contribution in [0.25, 0.3) is 0 Å². The summed E-state index contributed by atoms with van der Waals surface area (Å²) in [7, 11) is 0. The number of amides is 3. The van der Waals surface area contributed by atoms with Crippen LogP contribution in [0.5, 0.6) is 0 Å². The lowest BCUT2D eigenvalue weighted by molar-refractivity contribution is -0.121. The minimum absolute atomic E-state index is 0.0103. The molecule has 0 spiro atoms. The summed E-state index contributed by atoms with van der Waals surface area (Å²) in [6, 6.07) is 9.20. The van der Waals surface area contributed by atoms with Crippen molar-refractivity contribution in [3.05, 3.63) is 65.2 Å². The molecule has 1 aromatic heterocycles. The molecule has 0 saturated heterocycles. The fraction of sp³-hybridized carbons (Fsp3) is 0.222. The summed E-state index contributed by atoms with van der Waals surface area (Å²) >= 11 is 0. The van der Waals surface area contributed by atoms with E-state index >= 15 is 0 Å². The Morgan fingerprint density at radius 1 is 1.12 bits per heavy atom. The van der Waals surface area contributed by atoms with Gasteiger partial charge in [0.05, 0.1) is 5.56 Å². The van der Waals surface area contributed by atoms with E-state index in [4.69, 9.17) is 0 Å². The zero-order valence-electron chi connectivity index (χ0n) is 13.4. The lowest BCUT2D eigenvalue weighted by Crippen LogP contribution is -2.35. The Morgan fingerprint density at radius 2 is 1.88 bits per heavy atom. The SMILES string of the molecule is O=C(CCN1C(=O)c2cccnc2C1=O)NCCc1ccc(F)cc1. The highest BCUT2D eigenvalue weighted by molar-refractivity contribution is 6.20. The molecule has 3 rings (SSSR count). The van der Waals surface area contributed by atoms with Crippen molar-refractivity contribution < 1.29 is 18.8 Å². The van der Waals surface area contributed by atoms with Gasteiger partial charge >= 0.3 is 0 Å². The van der Waals surface area contributed by atoms with Gasteiger partial charge in [-0.1, -0.05) is 12.1 Å². The maximum atomic E-state index is 12.8. The van der Waals surface area contributed by atoms with Crippen LogP contribution < -0.4 is 5.32 Å². The van der Waals surface area contributed by atoms with Crippen molar-refractivity contribution in [2.24, 2.45) is 0 Å². The van der Waals surface area contributed by atoms with Gasteiger partial charge in [-0.3, -0.25) is 24.3 Å². The summed E-state index contributed by atoms with van der Waals surface area (Å²) in [5.41, 5.74) is 1.31. The highest BCUT2D eigenvalue weighted by atomic mass is 19.1. The summed E-state index contributed by atoms with van der Waals surface area (Å²) in [4.78, 5) is 41.1. The number of aromatic nitrogens is 1. The largest absolute Gasteiger partial charge is 0.356 e. The molecule has 0 atom stereocenters. The van der Waals surface area contributed by atoms with Crippen molar-refractivity contribution in [2.75, 3.05) is 13.1 Å². The lowest BCUT2D eigenvalue weighted by atomic mass is 10.1. The van der Waals surface area contributed by atoms with E-state index in [9.17, 15) is 18.8 Å². The van der Waals surface area contributed by atoms with E-state index in [1.165, 1.54) is 18.3 Å². The van der Waals surface area contributed by atoms with Crippen LogP contribution in [0, 0.1) is 5.82 Å². The zero-order valence-corrected chi connectivity index (χ0v) is 13.4. The van der Waals surface area contributed by atoms with Gasteiger partial charge in [0.2, 0.25) is 5.91 Å². The molecule has 0 bridgehead atoms. The molecule has 2 aromatic rings. The molecular weight excluding hydrogens is 325 g/mol. The number of halogens is 1. The molecule has 0 unspecified atom stereocenters. The van der Waals surface area contributed by atoms with E-state index in [1.807, 2.05) is 0 Å². The van der Waals surface area contributed by atoms with Crippen LogP contribution in [-0.4, -0.2) is 40.7 Å². The highest BCUT2D eigenvalue weighted by Crippen LogP contribution is 2.20. The Bertz CT molecular complexity index is 786. The normalized spacial score (nSPS) is 13.1.